The number of carbonyl (C=O) groups is 2. The maximum absolute atomic E-state index is 12.4. The molecule has 132 valence electrons. The SMILES string of the molecule is CC(C)[C@@H](CO)NC(=O)[C@@H](C)c1ccc(C[C@H]2CCCC2=O)cc1. The van der Waals surface area contributed by atoms with Crippen LogP contribution in [0.2, 0.25) is 0 Å². The monoisotopic (exact) mass is 331 g/mol. The van der Waals surface area contributed by atoms with Crippen molar-refractivity contribution in [3.05, 3.63) is 35.4 Å². The topological polar surface area (TPSA) is 66.4 Å². The Balaban J connectivity index is 1.96. The van der Waals surface area contributed by atoms with Crippen molar-refractivity contribution in [1.29, 1.82) is 0 Å². The van der Waals surface area contributed by atoms with Gasteiger partial charge in [-0.25, -0.2) is 0 Å². The minimum Gasteiger partial charge on any atom is -0.394 e. The lowest BCUT2D eigenvalue weighted by Crippen LogP contribution is -2.42. The maximum atomic E-state index is 12.4. The van der Waals surface area contributed by atoms with Crippen LogP contribution in [0.5, 0.6) is 0 Å². The van der Waals surface area contributed by atoms with Crippen LogP contribution in [0.1, 0.15) is 57.1 Å². The molecule has 2 rings (SSSR count). The molecule has 1 amide bonds. The van der Waals surface area contributed by atoms with Gasteiger partial charge in [-0.2, -0.15) is 0 Å². The Bertz CT molecular complexity index is 565. The number of carbonyl (C=O) groups excluding carboxylic acids is 2. The summed E-state index contributed by atoms with van der Waals surface area (Å²) in [6, 6.07) is 7.78. The van der Waals surface area contributed by atoms with Gasteiger partial charge in [-0.15, -0.1) is 0 Å². The summed E-state index contributed by atoms with van der Waals surface area (Å²) >= 11 is 0. The summed E-state index contributed by atoms with van der Waals surface area (Å²) < 4.78 is 0. The normalized spacial score (nSPS) is 20.2. The average Bonchev–Trinajstić information content (AvgIpc) is 2.97. The molecule has 2 N–H and O–H groups in total. The van der Waals surface area contributed by atoms with Gasteiger partial charge in [0.25, 0.3) is 0 Å². The number of aliphatic hydroxyl groups is 1. The molecule has 1 aliphatic carbocycles. The summed E-state index contributed by atoms with van der Waals surface area (Å²) in [5.74, 6) is 0.419. The predicted octanol–water partition coefficient (Wildman–Crippen LogP) is 2.83. The Morgan fingerprint density at radius 3 is 2.42 bits per heavy atom. The molecule has 1 aliphatic rings. The first-order valence-electron chi connectivity index (χ1n) is 8.95. The van der Waals surface area contributed by atoms with Gasteiger partial charge in [0.1, 0.15) is 5.78 Å². The highest BCUT2D eigenvalue weighted by Gasteiger charge is 2.25. The van der Waals surface area contributed by atoms with Gasteiger partial charge >= 0.3 is 0 Å². The molecule has 4 heteroatoms. The standard InChI is InChI=1S/C20H29NO3/c1-13(2)18(12-22)21-20(24)14(3)16-9-7-15(8-10-16)11-17-5-4-6-19(17)23/h7-10,13-14,17-18,22H,4-6,11-12H2,1-3H3,(H,21,24)/t14-,17+,18+/m0/s1. The number of rotatable bonds is 7. The fourth-order valence-corrected chi connectivity index (χ4v) is 3.21. The van der Waals surface area contributed by atoms with Crippen LogP contribution in [0.4, 0.5) is 0 Å². The zero-order valence-corrected chi connectivity index (χ0v) is 14.9. The fourth-order valence-electron chi connectivity index (χ4n) is 3.21. The first kappa shape index (κ1) is 18.7. The summed E-state index contributed by atoms with van der Waals surface area (Å²) in [6.45, 7) is 5.78. The smallest absolute Gasteiger partial charge is 0.227 e. The fraction of sp³-hybridized carbons (Fsp3) is 0.600. The highest BCUT2D eigenvalue weighted by molar-refractivity contribution is 5.84. The molecule has 0 unspecified atom stereocenters. The predicted molar refractivity (Wildman–Crippen MR) is 94.8 cm³/mol. The molecule has 1 fully saturated rings. The lowest BCUT2D eigenvalue weighted by atomic mass is 9.93. The van der Waals surface area contributed by atoms with Gasteiger partial charge in [0.15, 0.2) is 0 Å². The number of hydrogen-bond donors (Lipinski definition) is 2. The number of hydrogen-bond acceptors (Lipinski definition) is 3. The van der Waals surface area contributed by atoms with Crippen molar-refractivity contribution in [3.8, 4) is 0 Å². The van der Waals surface area contributed by atoms with Crippen LogP contribution in [0.25, 0.3) is 0 Å². The maximum Gasteiger partial charge on any atom is 0.227 e. The van der Waals surface area contributed by atoms with Gasteiger partial charge < -0.3 is 10.4 Å². The molecule has 4 nitrogen and oxygen atoms in total. The first-order valence-corrected chi connectivity index (χ1v) is 8.95. The van der Waals surface area contributed by atoms with Crippen molar-refractivity contribution in [1.82, 2.24) is 5.32 Å². The number of Topliss-reactive ketones (excluding diaryl/α,β-unsaturated/α-hetero) is 1. The highest BCUT2D eigenvalue weighted by atomic mass is 16.3. The number of amides is 1. The van der Waals surface area contributed by atoms with Gasteiger partial charge in [0.05, 0.1) is 18.6 Å². The largest absolute Gasteiger partial charge is 0.394 e. The quantitative estimate of drug-likeness (QED) is 0.807. The van der Waals surface area contributed by atoms with Crippen LogP contribution in [-0.2, 0) is 16.0 Å². The van der Waals surface area contributed by atoms with Crippen molar-refractivity contribution >= 4 is 11.7 Å². The Kier molecular flexibility index (Phi) is 6.55. The Labute approximate surface area is 144 Å². The van der Waals surface area contributed by atoms with E-state index in [9.17, 15) is 14.7 Å². The van der Waals surface area contributed by atoms with Gasteiger partial charge in [0, 0.05) is 12.3 Å². The van der Waals surface area contributed by atoms with E-state index in [1.165, 1.54) is 0 Å². The van der Waals surface area contributed by atoms with Crippen molar-refractivity contribution in [3.63, 3.8) is 0 Å². The molecule has 0 aliphatic heterocycles. The van der Waals surface area contributed by atoms with Crippen molar-refractivity contribution < 1.29 is 14.7 Å². The molecule has 1 aromatic carbocycles. The lowest BCUT2D eigenvalue weighted by molar-refractivity contribution is -0.123. The van der Waals surface area contributed by atoms with Crippen LogP contribution >= 0.6 is 0 Å². The molecule has 0 bridgehead atoms. The molecule has 24 heavy (non-hydrogen) atoms. The van der Waals surface area contributed by atoms with Gasteiger partial charge in [-0.3, -0.25) is 9.59 Å². The van der Waals surface area contributed by atoms with E-state index in [4.69, 9.17) is 0 Å². The van der Waals surface area contributed by atoms with Crippen molar-refractivity contribution in [2.45, 2.75) is 58.4 Å². The number of benzene rings is 1. The van der Waals surface area contributed by atoms with E-state index in [-0.39, 0.29) is 36.3 Å². The summed E-state index contributed by atoms with van der Waals surface area (Å²) in [6.07, 6.45) is 3.54. The summed E-state index contributed by atoms with van der Waals surface area (Å²) in [5, 5.41) is 12.3. The van der Waals surface area contributed by atoms with Crippen LogP contribution in [0.15, 0.2) is 24.3 Å². The second-order valence-corrected chi connectivity index (χ2v) is 7.26. The Hall–Kier alpha value is -1.68. The second kappa shape index (κ2) is 8.43. The van der Waals surface area contributed by atoms with Gasteiger partial charge in [-0.05, 0) is 43.2 Å². The minimum absolute atomic E-state index is 0.0511. The number of aliphatic hydroxyl groups excluding tert-OH is 1. The van der Waals surface area contributed by atoms with Crippen molar-refractivity contribution in [2.24, 2.45) is 11.8 Å². The Morgan fingerprint density at radius 2 is 1.92 bits per heavy atom. The van der Waals surface area contributed by atoms with E-state index in [1.54, 1.807) is 0 Å². The molecule has 1 aromatic rings. The lowest BCUT2D eigenvalue weighted by Gasteiger charge is -2.22. The molecule has 3 atom stereocenters. The molecule has 0 saturated heterocycles. The van der Waals surface area contributed by atoms with Crippen LogP contribution < -0.4 is 5.32 Å². The number of ketones is 1. The molecule has 0 aromatic heterocycles. The summed E-state index contributed by atoms with van der Waals surface area (Å²) in [5.41, 5.74) is 2.11. The highest BCUT2D eigenvalue weighted by Crippen LogP contribution is 2.26. The second-order valence-electron chi connectivity index (χ2n) is 7.26. The van der Waals surface area contributed by atoms with Gasteiger partial charge in [-0.1, -0.05) is 38.1 Å². The van der Waals surface area contributed by atoms with E-state index in [0.717, 1.165) is 36.8 Å². The van der Waals surface area contributed by atoms with E-state index >= 15 is 0 Å². The third-order valence-corrected chi connectivity index (χ3v) is 5.12. The molecule has 0 heterocycles. The third-order valence-electron chi connectivity index (χ3n) is 5.12. The molecular weight excluding hydrogens is 302 g/mol. The third kappa shape index (κ3) is 4.67. The van der Waals surface area contributed by atoms with Crippen LogP contribution in [0.3, 0.4) is 0 Å². The minimum atomic E-state index is -0.264. The van der Waals surface area contributed by atoms with Crippen molar-refractivity contribution in [2.75, 3.05) is 6.61 Å². The molecule has 0 radical (unpaired) electrons. The van der Waals surface area contributed by atoms with Crippen LogP contribution in [0, 0.1) is 11.8 Å². The molecule has 1 saturated carbocycles. The Morgan fingerprint density at radius 1 is 1.25 bits per heavy atom. The summed E-state index contributed by atoms with van der Waals surface area (Å²) in [4.78, 5) is 24.1. The molecular formula is C20H29NO3. The first-order chi connectivity index (χ1) is 11.4. The van der Waals surface area contributed by atoms with E-state index < -0.39 is 0 Å². The van der Waals surface area contributed by atoms with Crippen LogP contribution in [-0.4, -0.2) is 29.4 Å². The van der Waals surface area contributed by atoms with E-state index in [1.807, 2.05) is 45.0 Å². The number of nitrogens with one attached hydrogen (secondary N) is 1. The molecule has 0 spiro atoms. The van der Waals surface area contributed by atoms with E-state index in [2.05, 4.69) is 5.32 Å². The zero-order valence-electron chi connectivity index (χ0n) is 14.9. The zero-order chi connectivity index (χ0) is 17.7. The van der Waals surface area contributed by atoms with Gasteiger partial charge in [0.2, 0.25) is 5.91 Å². The average molecular weight is 331 g/mol. The van der Waals surface area contributed by atoms with E-state index in [0.29, 0.717) is 5.78 Å². The summed E-state index contributed by atoms with van der Waals surface area (Å²) in [7, 11) is 0.